The molecule has 1 saturated heterocycles. The second-order valence-electron chi connectivity index (χ2n) is 6.77. The molecule has 1 heterocycles. The van der Waals surface area contributed by atoms with Gasteiger partial charge in [0.2, 0.25) is 5.91 Å². The van der Waals surface area contributed by atoms with Crippen LogP contribution >= 0.6 is 0 Å². The lowest BCUT2D eigenvalue weighted by atomic mass is 9.48. The molecule has 3 unspecified atom stereocenters. The summed E-state index contributed by atoms with van der Waals surface area (Å²) in [6.07, 6.45) is 1.84. The average Bonchev–Trinajstić information content (AvgIpc) is 2.95. The van der Waals surface area contributed by atoms with Crippen molar-refractivity contribution in [2.24, 2.45) is 17.1 Å². The molecule has 21 heavy (non-hydrogen) atoms. The van der Waals surface area contributed by atoms with Crippen LogP contribution in [0.4, 0.5) is 0 Å². The van der Waals surface area contributed by atoms with Crippen LogP contribution in [0.2, 0.25) is 0 Å². The molecular formula is C17H24N2O2. The van der Waals surface area contributed by atoms with Gasteiger partial charge in [0.05, 0.1) is 6.10 Å². The van der Waals surface area contributed by atoms with Gasteiger partial charge in [0, 0.05) is 24.5 Å². The number of carbonyl (C=O) groups is 1. The van der Waals surface area contributed by atoms with Crippen molar-refractivity contribution in [1.82, 2.24) is 5.32 Å². The predicted molar refractivity (Wildman–Crippen MR) is 81.7 cm³/mol. The van der Waals surface area contributed by atoms with E-state index in [0.29, 0.717) is 6.54 Å². The largest absolute Gasteiger partial charge is 0.377 e. The standard InChI is InChI=1S/C17H24N2O2/c1-16(2)14-13(9-11-21-14)17(16,18)15(20)19-10-8-12-6-4-3-5-7-12/h3-7,13-14H,8-11,18H2,1-2H3,(H,19,20). The highest BCUT2D eigenvalue weighted by Crippen LogP contribution is 2.58. The maximum Gasteiger partial charge on any atom is 0.241 e. The molecule has 1 aromatic rings. The Balaban J connectivity index is 1.60. The molecule has 0 radical (unpaired) electrons. The van der Waals surface area contributed by atoms with E-state index in [0.717, 1.165) is 19.4 Å². The summed E-state index contributed by atoms with van der Waals surface area (Å²) in [6.45, 7) is 5.41. The molecule has 2 fully saturated rings. The molecule has 1 aromatic carbocycles. The number of fused-ring (bicyclic) bond motifs is 1. The number of hydrogen-bond acceptors (Lipinski definition) is 3. The van der Waals surface area contributed by atoms with E-state index in [1.165, 1.54) is 5.56 Å². The second kappa shape index (κ2) is 5.11. The molecule has 3 atom stereocenters. The van der Waals surface area contributed by atoms with Crippen LogP contribution in [-0.2, 0) is 16.0 Å². The molecule has 1 aliphatic carbocycles. The fourth-order valence-electron chi connectivity index (χ4n) is 3.96. The molecule has 3 N–H and O–H groups in total. The van der Waals surface area contributed by atoms with Gasteiger partial charge in [-0.05, 0) is 18.4 Å². The van der Waals surface area contributed by atoms with Crippen LogP contribution in [0.1, 0.15) is 25.8 Å². The quantitative estimate of drug-likeness (QED) is 0.882. The van der Waals surface area contributed by atoms with E-state index in [9.17, 15) is 4.79 Å². The Labute approximate surface area is 126 Å². The van der Waals surface area contributed by atoms with Crippen LogP contribution in [0.3, 0.4) is 0 Å². The number of ether oxygens (including phenoxy) is 1. The summed E-state index contributed by atoms with van der Waals surface area (Å²) in [5.41, 5.74) is 6.62. The Hall–Kier alpha value is -1.39. The minimum absolute atomic E-state index is 0.0322. The van der Waals surface area contributed by atoms with Crippen molar-refractivity contribution in [1.29, 1.82) is 0 Å². The van der Waals surface area contributed by atoms with Gasteiger partial charge in [-0.25, -0.2) is 0 Å². The Bertz CT molecular complexity index is 529. The molecule has 1 amide bonds. The normalized spacial score (nSPS) is 33.1. The summed E-state index contributed by atoms with van der Waals surface area (Å²) in [5.74, 6) is 0.124. The van der Waals surface area contributed by atoms with Crippen molar-refractivity contribution in [2.75, 3.05) is 13.2 Å². The second-order valence-corrected chi connectivity index (χ2v) is 6.77. The lowest BCUT2D eigenvalue weighted by molar-refractivity contribution is -0.175. The van der Waals surface area contributed by atoms with Crippen molar-refractivity contribution < 1.29 is 9.53 Å². The van der Waals surface area contributed by atoms with Crippen molar-refractivity contribution in [3.8, 4) is 0 Å². The van der Waals surface area contributed by atoms with Crippen molar-refractivity contribution in [3.63, 3.8) is 0 Å². The fraction of sp³-hybridized carbons (Fsp3) is 0.588. The molecule has 1 saturated carbocycles. The molecule has 0 bridgehead atoms. The van der Waals surface area contributed by atoms with E-state index in [2.05, 4.69) is 17.4 Å². The van der Waals surface area contributed by atoms with Crippen LogP contribution < -0.4 is 11.1 Å². The first-order valence-corrected chi connectivity index (χ1v) is 7.70. The highest BCUT2D eigenvalue weighted by molar-refractivity contribution is 5.89. The van der Waals surface area contributed by atoms with Crippen LogP contribution in [0.5, 0.6) is 0 Å². The summed E-state index contributed by atoms with van der Waals surface area (Å²) < 4.78 is 5.73. The number of benzene rings is 1. The van der Waals surface area contributed by atoms with Gasteiger partial charge >= 0.3 is 0 Å². The number of nitrogens with two attached hydrogens (primary N) is 1. The van der Waals surface area contributed by atoms with Crippen molar-refractivity contribution in [3.05, 3.63) is 35.9 Å². The summed E-state index contributed by atoms with van der Waals surface area (Å²) >= 11 is 0. The molecule has 4 nitrogen and oxygen atoms in total. The predicted octanol–water partition coefficient (Wildman–Crippen LogP) is 1.49. The molecule has 0 aromatic heterocycles. The van der Waals surface area contributed by atoms with Crippen LogP contribution in [-0.4, -0.2) is 30.7 Å². The van der Waals surface area contributed by atoms with Crippen LogP contribution in [0.15, 0.2) is 30.3 Å². The van der Waals surface area contributed by atoms with Crippen LogP contribution in [0, 0.1) is 11.3 Å². The van der Waals surface area contributed by atoms with E-state index in [1.54, 1.807) is 0 Å². The minimum Gasteiger partial charge on any atom is -0.377 e. The summed E-state index contributed by atoms with van der Waals surface area (Å²) in [6, 6.07) is 10.2. The lowest BCUT2D eigenvalue weighted by Gasteiger charge is -2.60. The lowest BCUT2D eigenvalue weighted by Crippen LogP contribution is -2.80. The number of hydrogen-bond donors (Lipinski definition) is 2. The van der Waals surface area contributed by atoms with E-state index in [4.69, 9.17) is 10.5 Å². The third-order valence-electron chi connectivity index (χ3n) is 5.37. The molecule has 4 heteroatoms. The van der Waals surface area contributed by atoms with Gasteiger partial charge in [0.15, 0.2) is 0 Å². The van der Waals surface area contributed by atoms with E-state index in [1.807, 2.05) is 32.0 Å². The minimum atomic E-state index is -0.801. The number of rotatable bonds is 4. The van der Waals surface area contributed by atoms with Crippen LogP contribution in [0.25, 0.3) is 0 Å². The van der Waals surface area contributed by atoms with Gasteiger partial charge < -0.3 is 15.8 Å². The van der Waals surface area contributed by atoms with Gasteiger partial charge in [-0.1, -0.05) is 44.2 Å². The van der Waals surface area contributed by atoms with Gasteiger partial charge in [-0.2, -0.15) is 0 Å². The summed E-state index contributed by atoms with van der Waals surface area (Å²) in [5, 5.41) is 3.02. The Morgan fingerprint density at radius 2 is 2.10 bits per heavy atom. The average molecular weight is 288 g/mol. The Kier molecular flexibility index (Phi) is 3.54. The smallest absolute Gasteiger partial charge is 0.241 e. The topological polar surface area (TPSA) is 64.3 Å². The Morgan fingerprint density at radius 1 is 1.38 bits per heavy atom. The van der Waals surface area contributed by atoms with Gasteiger partial charge in [-0.3, -0.25) is 4.79 Å². The van der Waals surface area contributed by atoms with E-state index in [-0.39, 0.29) is 23.3 Å². The number of nitrogens with one attached hydrogen (secondary N) is 1. The fourth-order valence-corrected chi connectivity index (χ4v) is 3.96. The first kappa shape index (κ1) is 14.5. The zero-order valence-electron chi connectivity index (χ0n) is 12.8. The summed E-state index contributed by atoms with van der Waals surface area (Å²) in [7, 11) is 0. The van der Waals surface area contributed by atoms with E-state index >= 15 is 0 Å². The van der Waals surface area contributed by atoms with Crippen molar-refractivity contribution >= 4 is 5.91 Å². The molecule has 1 aliphatic heterocycles. The highest BCUT2D eigenvalue weighted by Gasteiger charge is 2.71. The van der Waals surface area contributed by atoms with Gasteiger partial charge in [0.25, 0.3) is 0 Å². The Morgan fingerprint density at radius 3 is 2.81 bits per heavy atom. The zero-order chi connectivity index (χ0) is 15.1. The first-order chi connectivity index (χ1) is 9.98. The summed E-state index contributed by atoms with van der Waals surface area (Å²) in [4.78, 5) is 12.6. The zero-order valence-corrected chi connectivity index (χ0v) is 12.8. The monoisotopic (exact) mass is 288 g/mol. The van der Waals surface area contributed by atoms with E-state index < -0.39 is 5.54 Å². The first-order valence-electron chi connectivity index (χ1n) is 7.70. The third kappa shape index (κ3) is 2.09. The molecule has 3 rings (SSSR count). The number of carbonyl (C=O) groups excluding carboxylic acids is 1. The molecule has 2 aliphatic rings. The van der Waals surface area contributed by atoms with Crippen molar-refractivity contribution in [2.45, 2.75) is 38.3 Å². The number of amides is 1. The van der Waals surface area contributed by atoms with Gasteiger partial charge in [-0.15, -0.1) is 0 Å². The third-order valence-corrected chi connectivity index (χ3v) is 5.37. The highest BCUT2D eigenvalue weighted by atomic mass is 16.5. The SMILES string of the molecule is CC1(C)C2OCCC2C1(N)C(=O)NCCc1ccccc1. The maximum absolute atomic E-state index is 12.6. The maximum atomic E-state index is 12.6. The van der Waals surface area contributed by atoms with Gasteiger partial charge in [0.1, 0.15) is 5.54 Å². The molecular weight excluding hydrogens is 264 g/mol. The molecule has 0 spiro atoms. The molecule has 114 valence electrons.